The molecule has 8 nitrogen and oxygen atoms in total. The Kier molecular flexibility index (Phi) is 9.26. The topological polar surface area (TPSA) is 91.7 Å². The number of unbranched alkanes of at least 4 members (excludes halogenated alkanes) is 1. The molecule has 1 unspecified atom stereocenters. The SMILES string of the molecule is CCOC(=O)NC1=CC(Cn2nc(-c3ccc(OCCCCOC)cc3)ccc2=O)CC=C1. The minimum Gasteiger partial charge on any atom is -0.494 e. The molecule has 1 heterocycles. The van der Waals surface area contributed by atoms with Gasteiger partial charge in [0.2, 0.25) is 0 Å². The van der Waals surface area contributed by atoms with Crippen LogP contribution >= 0.6 is 0 Å². The molecule has 0 bridgehead atoms. The molecule has 0 spiro atoms. The number of benzene rings is 1. The standard InChI is InChI=1S/C25H31N3O5/c1-3-32-25(30)26-21-8-6-7-19(17-21)18-28-24(29)14-13-23(27-28)20-9-11-22(12-10-20)33-16-5-4-15-31-2/h6,8-14,17,19H,3-5,7,15-16,18H2,1-2H3,(H,26,30). The quantitative estimate of drug-likeness (QED) is 0.519. The van der Waals surface area contributed by atoms with Gasteiger partial charge in [0.25, 0.3) is 5.56 Å². The van der Waals surface area contributed by atoms with Gasteiger partial charge in [-0.15, -0.1) is 0 Å². The van der Waals surface area contributed by atoms with Crippen LogP contribution in [0.5, 0.6) is 5.75 Å². The normalized spacial score (nSPS) is 15.1. The molecule has 2 aromatic rings. The first-order valence-electron chi connectivity index (χ1n) is 11.2. The Morgan fingerprint density at radius 1 is 1.15 bits per heavy atom. The maximum absolute atomic E-state index is 12.4. The zero-order valence-electron chi connectivity index (χ0n) is 19.2. The Morgan fingerprint density at radius 2 is 1.94 bits per heavy atom. The second kappa shape index (κ2) is 12.6. The second-order valence-corrected chi connectivity index (χ2v) is 7.68. The Bertz CT molecular complexity index is 1030. The third kappa shape index (κ3) is 7.61. The van der Waals surface area contributed by atoms with E-state index in [2.05, 4.69) is 10.4 Å². The number of nitrogens with zero attached hydrogens (tertiary/aromatic N) is 2. The van der Waals surface area contributed by atoms with E-state index in [1.54, 1.807) is 20.1 Å². The third-order valence-electron chi connectivity index (χ3n) is 5.11. The number of nitrogens with one attached hydrogen (secondary N) is 1. The van der Waals surface area contributed by atoms with E-state index in [1.165, 1.54) is 10.7 Å². The summed E-state index contributed by atoms with van der Waals surface area (Å²) in [5.41, 5.74) is 2.10. The molecule has 176 valence electrons. The first-order valence-corrected chi connectivity index (χ1v) is 11.2. The highest BCUT2D eigenvalue weighted by atomic mass is 16.5. The molecule has 1 N–H and O–H groups in total. The number of methoxy groups -OCH3 is 1. The number of hydrogen-bond acceptors (Lipinski definition) is 6. The van der Waals surface area contributed by atoms with Crippen LogP contribution in [0, 0.1) is 5.92 Å². The maximum Gasteiger partial charge on any atom is 0.411 e. The molecule has 0 fully saturated rings. The minimum atomic E-state index is -0.492. The number of allylic oxidation sites excluding steroid dienone is 3. The lowest BCUT2D eigenvalue weighted by Crippen LogP contribution is -2.28. The highest BCUT2D eigenvalue weighted by molar-refractivity contribution is 5.70. The molecule has 0 radical (unpaired) electrons. The van der Waals surface area contributed by atoms with Gasteiger partial charge in [0.1, 0.15) is 5.75 Å². The molecular formula is C25H31N3O5. The van der Waals surface area contributed by atoms with Crippen LogP contribution in [0.4, 0.5) is 4.79 Å². The number of alkyl carbamates (subject to hydrolysis) is 1. The number of aromatic nitrogens is 2. The highest BCUT2D eigenvalue weighted by Crippen LogP contribution is 2.21. The van der Waals surface area contributed by atoms with Crippen molar-refractivity contribution in [1.29, 1.82) is 0 Å². The molecule has 1 aliphatic rings. The lowest BCUT2D eigenvalue weighted by molar-refractivity contribution is 0.155. The van der Waals surface area contributed by atoms with Crippen molar-refractivity contribution in [2.24, 2.45) is 5.92 Å². The van der Waals surface area contributed by atoms with Crippen LogP contribution in [0.1, 0.15) is 26.2 Å². The Labute approximate surface area is 193 Å². The van der Waals surface area contributed by atoms with E-state index in [0.29, 0.717) is 31.1 Å². The van der Waals surface area contributed by atoms with Gasteiger partial charge in [-0.3, -0.25) is 10.1 Å². The van der Waals surface area contributed by atoms with E-state index in [9.17, 15) is 9.59 Å². The lowest BCUT2D eigenvalue weighted by Gasteiger charge is -2.18. The monoisotopic (exact) mass is 453 g/mol. The van der Waals surface area contributed by atoms with Gasteiger partial charge in [0.15, 0.2) is 0 Å². The summed E-state index contributed by atoms with van der Waals surface area (Å²) in [6.07, 6.45) is 7.89. The number of carbonyl (C=O) groups is 1. The van der Waals surface area contributed by atoms with E-state index < -0.39 is 6.09 Å². The number of amides is 1. The van der Waals surface area contributed by atoms with Crippen molar-refractivity contribution in [3.8, 4) is 17.0 Å². The van der Waals surface area contributed by atoms with Crippen molar-refractivity contribution in [2.45, 2.75) is 32.7 Å². The van der Waals surface area contributed by atoms with Crippen LogP contribution in [-0.4, -0.2) is 42.8 Å². The Morgan fingerprint density at radius 3 is 2.70 bits per heavy atom. The van der Waals surface area contributed by atoms with E-state index in [-0.39, 0.29) is 11.5 Å². The zero-order valence-corrected chi connectivity index (χ0v) is 19.2. The van der Waals surface area contributed by atoms with Crippen LogP contribution in [0.3, 0.4) is 0 Å². The summed E-state index contributed by atoms with van der Waals surface area (Å²) in [6, 6.07) is 10.9. The van der Waals surface area contributed by atoms with E-state index in [1.807, 2.05) is 42.5 Å². The minimum absolute atomic E-state index is 0.0289. The summed E-state index contributed by atoms with van der Waals surface area (Å²) in [4.78, 5) is 24.1. The van der Waals surface area contributed by atoms with Gasteiger partial charge in [-0.1, -0.05) is 12.2 Å². The van der Waals surface area contributed by atoms with Crippen molar-refractivity contribution in [3.63, 3.8) is 0 Å². The van der Waals surface area contributed by atoms with Gasteiger partial charge in [-0.2, -0.15) is 5.10 Å². The molecule has 1 aromatic carbocycles. The van der Waals surface area contributed by atoms with Crippen molar-refractivity contribution < 1.29 is 19.0 Å². The van der Waals surface area contributed by atoms with Gasteiger partial charge in [0, 0.05) is 37.0 Å². The first kappa shape index (κ1) is 24.3. The van der Waals surface area contributed by atoms with Crippen LogP contribution in [0.15, 0.2) is 65.1 Å². The van der Waals surface area contributed by atoms with Gasteiger partial charge < -0.3 is 14.2 Å². The van der Waals surface area contributed by atoms with Gasteiger partial charge >= 0.3 is 6.09 Å². The van der Waals surface area contributed by atoms with Crippen molar-refractivity contribution >= 4 is 6.09 Å². The van der Waals surface area contributed by atoms with Gasteiger partial charge in [0.05, 0.1) is 25.5 Å². The molecule has 0 saturated carbocycles. The summed E-state index contributed by atoms with van der Waals surface area (Å²) in [7, 11) is 1.69. The van der Waals surface area contributed by atoms with Crippen LogP contribution in [0.2, 0.25) is 0 Å². The zero-order chi connectivity index (χ0) is 23.5. The molecular weight excluding hydrogens is 422 g/mol. The fourth-order valence-electron chi connectivity index (χ4n) is 3.46. The first-order chi connectivity index (χ1) is 16.1. The number of carbonyl (C=O) groups excluding carboxylic acids is 1. The molecule has 33 heavy (non-hydrogen) atoms. The second-order valence-electron chi connectivity index (χ2n) is 7.68. The number of rotatable bonds is 11. The summed E-state index contributed by atoms with van der Waals surface area (Å²) in [6.45, 7) is 3.85. The Hall–Kier alpha value is -3.39. The fraction of sp³-hybridized carbons (Fsp3) is 0.400. The summed E-state index contributed by atoms with van der Waals surface area (Å²) >= 11 is 0. The van der Waals surface area contributed by atoms with E-state index in [0.717, 1.165) is 37.2 Å². The van der Waals surface area contributed by atoms with Gasteiger partial charge in [-0.05, 0) is 62.6 Å². The largest absolute Gasteiger partial charge is 0.494 e. The molecule has 8 heteroatoms. The van der Waals surface area contributed by atoms with E-state index in [4.69, 9.17) is 14.2 Å². The summed E-state index contributed by atoms with van der Waals surface area (Å²) in [5, 5.41) is 7.27. The molecule has 1 aliphatic carbocycles. The van der Waals surface area contributed by atoms with Crippen molar-refractivity contribution in [1.82, 2.24) is 15.1 Å². The van der Waals surface area contributed by atoms with Gasteiger partial charge in [-0.25, -0.2) is 9.48 Å². The molecule has 1 aromatic heterocycles. The average Bonchev–Trinajstić information content (AvgIpc) is 2.81. The predicted molar refractivity (Wildman–Crippen MR) is 126 cm³/mol. The molecule has 0 saturated heterocycles. The van der Waals surface area contributed by atoms with Crippen LogP contribution in [0.25, 0.3) is 11.3 Å². The number of hydrogen-bond donors (Lipinski definition) is 1. The number of ether oxygens (including phenoxy) is 3. The lowest BCUT2D eigenvalue weighted by atomic mass is 9.99. The molecule has 3 rings (SSSR count). The molecule has 1 atom stereocenters. The Balaban J connectivity index is 1.63. The average molecular weight is 454 g/mol. The smallest absolute Gasteiger partial charge is 0.411 e. The summed E-state index contributed by atoms with van der Waals surface area (Å²) < 4.78 is 17.2. The highest BCUT2D eigenvalue weighted by Gasteiger charge is 2.14. The van der Waals surface area contributed by atoms with Crippen molar-refractivity contribution in [3.05, 3.63) is 70.7 Å². The van der Waals surface area contributed by atoms with Crippen LogP contribution in [-0.2, 0) is 16.0 Å². The maximum atomic E-state index is 12.4. The summed E-state index contributed by atoms with van der Waals surface area (Å²) in [5.74, 6) is 0.825. The third-order valence-corrected chi connectivity index (χ3v) is 5.11. The van der Waals surface area contributed by atoms with Crippen molar-refractivity contribution in [2.75, 3.05) is 26.9 Å². The predicted octanol–water partition coefficient (Wildman–Crippen LogP) is 3.92. The van der Waals surface area contributed by atoms with E-state index >= 15 is 0 Å². The van der Waals surface area contributed by atoms with Crippen LogP contribution < -0.4 is 15.6 Å². The molecule has 1 amide bonds. The molecule has 0 aliphatic heterocycles. The fourth-order valence-corrected chi connectivity index (χ4v) is 3.46.